The van der Waals surface area contributed by atoms with E-state index in [0.29, 0.717) is 30.4 Å². The summed E-state index contributed by atoms with van der Waals surface area (Å²) in [4.78, 5) is 25.4. The molecule has 3 fully saturated rings. The number of fused-ring (bicyclic) bond motifs is 1. The lowest BCUT2D eigenvalue weighted by Crippen LogP contribution is -2.57. The van der Waals surface area contributed by atoms with Crippen LogP contribution in [0.5, 0.6) is 0 Å². The summed E-state index contributed by atoms with van der Waals surface area (Å²) in [6.45, 7) is 2.88. The number of aryl methyl sites for hydroxylation is 1. The van der Waals surface area contributed by atoms with Crippen LogP contribution in [0.1, 0.15) is 55.0 Å². The van der Waals surface area contributed by atoms with Gasteiger partial charge < -0.3 is 9.80 Å². The van der Waals surface area contributed by atoms with Gasteiger partial charge in [-0.3, -0.25) is 9.78 Å². The van der Waals surface area contributed by atoms with Crippen LogP contribution in [0, 0.1) is 24.2 Å². The van der Waals surface area contributed by atoms with E-state index in [-0.39, 0.29) is 18.5 Å². The Kier molecular flexibility index (Phi) is 6.01. The maximum Gasteiger partial charge on any atom is 0.397 e. The molecule has 3 heterocycles. The molecule has 6 rings (SSSR count). The van der Waals surface area contributed by atoms with Gasteiger partial charge in [0, 0.05) is 48.4 Å². The highest BCUT2D eigenvalue weighted by atomic mass is 19.4. The quantitative estimate of drug-likeness (QED) is 0.430. The molecule has 6 nitrogen and oxygen atoms in total. The maximum absolute atomic E-state index is 13.0. The number of hydrogen-bond acceptors (Lipinski definition) is 5. The lowest BCUT2D eigenvalue weighted by Gasteiger charge is -2.42. The standard InChI is InChI=1S/C29H28F3N5O/c1-17-11-23-20(15-34-17)3-2-4-22(23)24-12-21(14-33)28(35-27(24)19-7-8-19)36-9-10-37(25(16-36)18-5-6-18)26(38)13-29(30,31)32/h2-4,11-12,15,18-19,25H,5-10,13,16H2,1H3/t25-/m0/s1. The fourth-order valence-corrected chi connectivity index (χ4v) is 5.70. The van der Waals surface area contributed by atoms with Crippen molar-refractivity contribution >= 4 is 22.5 Å². The molecule has 2 saturated carbocycles. The summed E-state index contributed by atoms with van der Waals surface area (Å²) in [7, 11) is 0. The third kappa shape index (κ3) is 4.80. The zero-order chi connectivity index (χ0) is 26.6. The smallest absolute Gasteiger partial charge is 0.352 e. The van der Waals surface area contributed by atoms with Gasteiger partial charge in [-0.2, -0.15) is 18.4 Å². The van der Waals surface area contributed by atoms with Crippen molar-refractivity contribution in [1.82, 2.24) is 14.9 Å². The lowest BCUT2D eigenvalue weighted by molar-refractivity contribution is -0.163. The average Bonchev–Trinajstić information content (AvgIpc) is 3.80. The van der Waals surface area contributed by atoms with Crippen molar-refractivity contribution in [1.29, 1.82) is 5.26 Å². The Balaban J connectivity index is 1.37. The lowest BCUT2D eigenvalue weighted by atomic mass is 9.94. The number of pyridine rings is 2. The number of piperazine rings is 1. The summed E-state index contributed by atoms with van der Waals surface area (Å²) < 4.78 is 38.9. The number of nitrogens with zero attached hydrogens (tertiary/aromatic N) is 5. The van der Waals surface area contributed by atoms with Gasteiger partial charge in [0.2, 0.25) is 5.91 Å². The normalized spacial score (nSPS) is 20.0. The van der Waals surface area contributed by atoms with E-state index in [4.69, 9.17) is 4.98 Å². The fraction of sp³-hybridized carbons (Fsp3) is 0.448. The molecule has 196 valence electrons. The van der Waals surface area contributed by atoms with Crippen molar-refractivity contribution in [2.75, 3.05) is 24.5 Å². The molecule has 3 aliphatic rings. The molecule has 0 unspecified atom stereocenters. The predicted octanol–water partition coefficient (Wildman–Crippen LogP) is 5.73. The van der Waals surface area contributed by atoms with Crippen LogP contribution in [-0.2, 0) is 4.79 Å². The predicted molar refractivity (Wildman–Crippen MR) is 138 cm³/mol. The molecule has 1 atom stereocenters. The summed E-state index contributed by atoms with van der Waals surface area (Å²) in [5.41, 5.74) is 4.27. The van der Waals surface area contributed by atoms with Crippen molar-refractivity contribution in [3.63, 3.8) is 0 Å². The van der Waals surface area contributed by atoms with Crippen LogP contribution < -0.4 is 4.90 Å². The first-order valence-electron chi connectivity index (χ1n) is 13.1. The molecule has 1 saturated heterocycles. The zero-order valence-corrected chi connectivity index (χ0v) is 21.1. The van der Waals surface area contributed by atoms with Gasteiger partial charge >= 0.3 is 6.18 Å². The second-order valence-electron chi connectivity index (χ2n) is 10.8. The molecule has 0 spiro atoms. The van der Waals surface area contributed by atoms with E-state index in [9.17, 15) is 23.2 Å². The Morgan fingerprint density at radius 3 is 2.61 bits per heavy atom. The van der Waals surface area contributed by atoms with Crippen LogP contribution in [0.2, 0.25) is 0 Å². The van der Waals surface area contributed by atoms with Crippen molar-refractivity contribution < 1.29 is 18.0 Å². The number of anilines is 1. The van der Waals surface area contributed by atoms with Crippen molar-refractivity contribution in [3.8, 4) is 17.2 Å². The van der Waals surface area contributed by atoms with E-state index < -0.39 is 18.5 Å². The van der Waals surface area contributed by atoms with Crippen LogP contribution in [0.15, 0.2) is 36.5 Å². The van der Waals surface area contributed by atoms with Gasteiger partial charge in [-0.25, -0.2) is 4.98 Å². The molecule has 2 aliphatic carbocycles. The molecular weight excluding hydrogens is 491 g/mol. The molecule has 0 radical (unpaired) electrons. The fourth-order valence-electron chi connectivity index (χ4n) is 5.70. The molecular formula is C29H28F3N5O. The second-order valence-corrected chi connectivity index (χ2v) is 10.8. The molecule has 1 aliphatic heterocycles. The Morgan fingerprint density at radius 2 is 1.92 bits per heavy atom. The van der Waals surface area contributed by atoms with E-state index >= 15 is 0 Å². The topological polar surface area (TPSA) is 73.1 Å². The second kappa shape index (κ2) is 9.26. The molecule has 9 heteroatoms. The Morgan fingerprint density at radius 1 is 1.13 bits per heavy atom. The summed E-state index contributed by atoms with van der Waals surface area (Å²) >= 11 is 0. The number of carbonyl (C=O) groups excluding carboxylic acids is 1. The molecule has 1 aromatic carbocycles. The van der Waals surface area contributed by atoms with Crippen molar-refractivity contribution in [2.45, 2.75) is 57.2 Å². The van der Waals surface area contributed by atoms with Gasteiger partial charge in [-0.1, -0.05) is 18.2 Å². The number of aromatic nitrogens is 2. The van der Waals surface area contributed by atoms with E-state index in [1.807, 2.05) is 36.2 Å². The number of halogens is 3. The molecule has 0 bridgehead atoms. The molecule has 2 aromatic heterocycles. The first-order chi connectivity index (χ1) is 18.2. The van der Waals surface area contributed by atoms with E-state index in [1.54, 1.807) is 0 Å². The molecule has 3 aromatic rings. The SMILES string of the molecule is Cc1cc2c(-c3cc(C#N)c(N4CCN(C(=O)CC(F)(F)F)[C@H](C5CC5)C4)nc3C3CC3)cccc2cn1. The van der Waals surface area contributed by atoms with E-state index in [0.717, 1.165) is 59.0 Å². The molecule has 1 amide bonds. The average molecular weight is 520 g/mol. The van der Waals surface area contributed by atoms with Crippen molar-refractivity contribution in [2.24, 2.45) is 5.92 Å². The van der Waals surface area contributed by atoms with Gasteiger partial charge in [-0.05, 0) is 61.6 Å². The Labute approximate surface area is 219 Å². The Hall–Kier alpha value is -3.67. The van der Waals surface area contributed by atoms with Gasteiger partial charge in [0.25, 0.3) is 0 Å². The summed E-state index contributed by atoms with van der Waals surface area (Å²) in [5.74, 6) is 0.209. The van der Waals surface area contributed by atoms with Crippen molar-refractivity contribution in [3.05, 3.63) is 53.5 Å². The van der Waals surface area contributed by atoms with E-state index in [1.165, 1.54) is 4.90 Å². The first kappa shape index (κ1) is 24.7. The van der Waals surface area contributed by atoms with Crippen LogP contribution in [0.25, 0.3) is 21.9 Å². The summed E-state index contributed by atoms with van der Waals surface area (Å²) in [5, 5.41) is 12.2. The van der Waals surface area contributed by atoms with Gasteiger partial charge in [-0.15, -0.1) is 0 Å². The zero-order valence-electron chi connectivity index (χ0n) is 21.1. The molecule has 0 N–H and O–H groups in total. The number of nitriles is 1. The highest BCUT2D eigenvalue weighted by Crippen LogP contribution is 2.46. The third-order valence-electron chi connectivity index (χ3n) is 7.86. The minimum absolute atomic E-state index is 0.190. The van der Waals surface area contributed by atoms with Gasteiger partial charge in [0.15, 0.2) is 0 Å². The highest BCUT2D eigenvalue weighted by molar-refractivity contribution is 5.97. The molecule has 38 heavy (non-hydrogen) atoms. The van der Waals surface area contributed by atoms with Gasteiger partial charge in [0.1, 0.15) is 18.3 Å². The number of benzene rings is 1. The summed E-state index contributed by atoms with van der Waals surface area (Å²) in [6, 6.07) is 12.1. The van der Waals surface area contributed by atoms with Crippen LogP contribution in [0.3, 0.4) is 0 Å². The number of carbonyl (C=O) groups is 1. The minimum atomic E-state index is -4.52. The monoisotopic (exact) mass is 519 g/mol. The largest absolute Gasteiger partial charge is 0.397 e. The number of amides is 1. The number of hydrogen-bond donors (Lipinski definition) is 0. The van der Waals surface area contributed by atoms with Crippen LogP contribution in [-0.4, -0.2) is 52.6 Å². The summed E-state index contributed by atoms with van der Waals surface area (Å²) in [6.07, 6.45) is -0.248. The van der Waals surface area contributed by atoms with Crippen LogP contribution >= 0.6 is 0 Å². The third-order valence-corrected chi connectivity index (χ3v) is 7.86. The highest BCUT2D eigenvalue weighted by Gasteiger charge is 2.44. The number of rotatable bonds is 5. The Bertz CT molecular complexity index is 1460. The van der Waals surface area contributed by atoms with Crippen LogP contribution in [0.4, 0.5) is 19.0 Å². The van der Waals surface area contributed by atoms with E-state index in [2.05, 4.69) is 23.2 Å². The maximum atomic E-state index is 13.0. The van der Waals surface area contributed by atoms with Gasteiger partial charge in [0.05, 0.1) is 17.3 Å². The first-order valence-corrected chi connectivity index (χ1v) is 13.1. The minimum Gasteiger partial charge on any atom is -0.352 e. The number of alkyl halides is 3.